The molecular weight excluding hydrogens is 719 g/mol. The molecule has 2 bridgehead atoms. The Morgan fingerprint density at radius 1 is 0.811 bits per heavy atom. The monoisotopic (exact) mass is 753 g/mol. The van der Waals surface area contributed by atoms with Crippen LogP contribution in [0, 0.1) is 29.6 Å². The molecule has 7 atom stereocenters. The summed E-state index contributed by atoms with van der Waals surface area (Å²) in [5.74, 6) is -2.40. The average molecular weight is 754 g/mol. The number of imide groups is 1. The number of ether oxygens (including phenoxy) is 3. The summed E-state index contributed by atoms with van der Waals surface area (Å²) in [5, 5.41) is 3.59. The molecule has 3 amide bonds. The van der Waals surface area contributed by atoms with Gasteiger partial charge in [0, 0.05) is 21.7 Å². The number of aromatic nitrogens is 1. The van der Waals surface area contributed by atoms with Crippen molar-refractivity contribution in [2.45, 2.75) is 36.5 Å². The summed E-state index contributed by atoms with van der Waals surface area (Å²) in [7, 11) is 0. The summed E-state index contributed by atoms with van der Waals surface area (Å²) in [4.78, 5) is 82.6. The summed E-state index contributed by atoms with van der Waals surface area (Å²) >= 11 is 2.80. The van der Waals surface area contributed by atoms with Gasteiger partial charge in [-0.2, -0.15) is 0 Å². The lowest BCUT2D eigenvalue weighted by atomic mass is 9.68. The fourth-order valence-electron chi connectivity index (χ4n) is 8.63. The summed E-state index contributed by atoms with van der Waals surface area (Å²) in [5.41, 5.74) is 2.65. The van der Waals surface area contributed by atoms with Gasteiger partial charge in [0.25, 0.3) is 5.91 Å². The molecule has 0 spiro atoms. The quantitative estimate of drug-likeness (QED) is 0.157. The number of aromatic amines is 1. The highest BCUT2D eigenvalue weighted by atomic mass is 32.2. The zero-order valence-corrected chi connectivity index (χ0v) is 30.4. The van der Waals surface area contributed by atoms with Crippen molar-refractivity contribution in [3.8, 4) is 5.75 Å². The fourth-order valence-corrected chi connectivity index (χ4v) is 11.5. The van der Waals surface area contributed by atoms with Crippen LogP contribution in [-0.4, -0.2) is 59.7 Å². The molecule has 3 heterocycles. The van der Waals surface area contributed by atoms with E-state index in [-0.39, 0.29) is 71.3 Å². The van der Waals surface area contributed by atoms with Gasteiger partial charge in [-0.1, -0.05) is 23.5 Å². The van der Waals surface area contributed by atoms with E-state index >= 15 is 0 Å². The van der Waals surface area contributed by atoms with E-state index in [0.29, 0.717) is 28.3 Å². The standard InChI is InChI=1S/C39H35N3O9S2/c1-3-49-37(46)20-5-11-22(12-6-20)40-27(43)18-51-24-15-9-19(10-16-24)28-29-25-17-26(32(29)52-34-33(28)53-39(48)41-34)31-30(25)35(44)42(36(31)45)23-13-7-21(8-14-23)38(47)50-4-2/h5-16,25-26,28-32H,3-4,17-18H2,1-2H3,(H,40,43)(H,41,48)/t25-,26-,28+,29-,30+,31+,32-/m1/s1. The zero-order chi connectivity index (χ0) is 37.0. The van der Waals surface area contributed by atoms with Crippen molar-refractivity contribution >= 4 is 64.1 Å². The first-order chi connectivity index (χ1) is 25.7. The van der Waals surface area contributed by atoms with Crippen LogP contribution in [0.5, 0.6) is 5.75 Å². The lowest BCUT2D eigenvalue weighted by Crippen LogP contribution is -2.42. The molecule has 1 saturated heterocycles. The van der Waals surface area contributed by atoms with Crippen LogP contribution in [0.3, 0.4) is 0 Å². The first-order valence-electron chi connectivity index (χ1n) is 17.5. The molecule has 4 aromatic rings. The smallest absolute Gasteiger partial charge is 0.338 e. The molecule has 2 N–H and O–H groups in total. The number of carbonyl (C=O) groups is 5. The summed E-state index contributed by atoms with van der Waals surface area (Å²) < 4.78 is 15.9. The molecule has 272 valence electrons. The molecule has 0 unspecified atom stereocenters. The molecule has 12 nitrogen and oxygen atoms in total. The van der Waals surface area contributed by atoms with E-state index in [0.717, 1.165) is 21.9 Å². The maximum absolute atomic E-state index is 14.1. The van der Waals surface area contributed by atoms with E-state index in [1.54, 1.807) is 86.3 Å². The molecule has 2 aliphatic heterocycles. The Hall–Kier alpha value is -5.21. The maximum atomic E-state index is 14.1. The van der Waals surface area contributed by atoms with E-state index in [9.17, 15) is 28.8 Å². The topological polar surface area (TPSA) is 161 Å². The van der Waals surface area contributed by atoms with Crippen LogP contribution in [0.15, 0.2) is 82.6 Å². The van der Waals surface area contributed by atoms with Crippen LogP contribution >= 0.6 is 23.1 Å². The van der Waals surface area contributed by atoms with Crippen LogP contribution in [0.1, 0.15) is 57.3 Å². The number of carbonyl (C=O) groups excluding carboxylic acids is 5. The molecule has 3 fully saturated rings. The van der Waals surface area contributed by atoms with Crippen molar-refractivity contribution in [2.75, 3.05) is 30.0 Å². The molecule has 3 aromatic carbocycles. The minimum atomic E-state index is -0.471. The molecule has 0 radical (unpaired) electrons. The van der Waals surface area contributed by atoms with Gasteiger partial charge in [-0.05, 0) is 104 Å². The van der Waals surface area contributed by atoms with Crippen LogP contribution in [0.25, 0.3) is 0 Å². The average Bonchev–Trinajstić information content (AvgIpc) is 3.90. The number of hydrogen-bond acceptors (Lipinski definition) is 11. The highest BCUT2D eigenvalue weighted by Crippen LogP contribution is 2.68. The van der Waals surface area contributed by atoms with Gasteiger partial charge in [0.15, 0.2) is 6.61 Å². The summed E-state index contributed by atoms with van der Waals surface area (Å²) in [6, 6.07) is 20.3. The lowest BCUT2D eigenvalue weighted by Gasteiger charge is -2.43. The Kier molecular flexibility index (Phi) is 9.19. The number of amides is 3. The van der Waals surface area contributed by atoms with Gasteiger partial charge in [0.1, 0.15) is 5.75 Å². The Morgan fingerprint density at radius 2 is 1.42 bits per heavy atom. The molecule has 1 aromatic heterocycles. The van der Waals surface area contributed by atoms with Crippen molar-refractivity contribution in [1.29, 1.82) is 0 Å². The van der Waals surface area contributed by atoms with E-state index in [1.807, 2.05) is 12.1 Å². The lowest BCUT2D eigenvalue weighted by molar-refractivity contribution is -0.123. The summed E-state index contributed by atoms with van der Waals surface area (Å²) in [6.45, 7) is 3.74. The Labute approximate surface area is 312 Å². The third-order valence-corrected chi connectivity index (χ3v) is 13.2. The molecule has 8 rings (SSSR count). The maximum Gasteiger partial charge on any atom is 0.338 e. The minimum absolute atomic E-state index is 0.0147. The first kappa shape index (κ1) is 34.9. The largest absolute Gasteiger partial charge is 0.484 e. The third kappa shape index (κ3) is 6.13. The minimum Gasteiger partial charge on any atom is -0.484 e. The molecule has 2 saturated carbocycles. The van der Waals surface area contributed by atoms with Gasteiger partial charge in [-0.25, -0.2) is 9.59 Å². The van der Waals surface area contributed by atoms with Crippen molar-refractivity contribution in [3.05, 3.63) is 104 Å². The predicted octanol–water partition coefficient (Wildman–Crippen LogP) is 5.49. The number of esters is 2. The highest BCUT2D eigenvalue weighted by Gasteiger charge is 2.69. The number of anilines is 2. The van der Waals surface area contributed by atoms with Crippen molar-refractivity contribution < 1.29 is 38.2 Å². The number of benzene rings is 3. The number of nitrogens with zero attached hydrogens (tertiary/aromatic N) is 1. The second-order valence-corrected chi connectivity index (χ2v) is 15.6. The third-order valence-electron chi connectivity index (χ3n) is 10.6. The number of thiazole rings is 1. The number of fused-ring (bicyclic) bond motifs is 9. The van der Waals surface area contributed by atoms with Gasteiger partial charge < -0.3 is 24.5 Å². The van der Waals surface area contributed by atoms with Crippen LogP contribution < -0.4 is 19.8 Å². The Balaban J connectivity index is 0.988. The molecule has 53 heavy (non-hydrogen) atoms. The van der Waals surface area contributed by atoms with Crippen molar-refractivity contribution in [1.82, 2.24) is 4.98 Å². The van der Waals surface area contributed by atoms with E-state index < -0.39 is 23.8 Å². The highest BCUT2D eigenvalue weighted by molar-refractivity contribution is 8.00. The van der Waals surface area contributed by atoms with Gasteiger partial charge in [0.2, 0.25) is 11.8 Å². The van der Waals surface area contributed by atoms with E-state index in [2.05, 4.69) is 10.3 Å². The molecule has 4 aliphatic rings. The second kappa shape index (κ2) is 14.0. The number of H-pyrrole nitrogens is 1. The Morgan fingerprint density at radius 3 is 2.04 bits per heavy atom. The van der Waals surface area contributed by atoms with Gasteiger partial charge in [-0.3, -0.25) is 24.1 Å². The van der Waals surface area contributed by atoms with Crippen molar-refractivity contribution in [2.24, 2.45) is 29.6 Å². The van der Waals surface area contributed by atoms with E-state index in [1.165, 1.54) is 16.2 Å². The molecule has 2 aliphatic carbocycles. The molecule has 14 heteroatoms. The van der Waals surface area contributed by atoms with Crippen LogP contribution in [0.2, 0.25) is 0 Å². The first-order valence-corrected chi connectivity index (χ1v) is 19.2. The van der Waals surface area contributed by atoms with E-state index in [4.69, 9.17) is 14.2 Å². The van der Waals surface area contributed by atoms with Gasteiger partial charge >= 0.3 is 16.8 Å². The number of nitrogens with one attached hydrogen (secondary N) is 2. The summed E-state index contributed by atoms with van der Waals surface area (Å²) in [6.07, 6.45) is 0.752. The van der Waals surface area contributed by atoms with Crippen LogP contribution in [-0.2, 0) is 23.9 Å². The second-order valence-electron chi connectivity index (χ2n) is 13.4. The number of rotatable bonds is 10. The fraction of sp³-hybridized carbons (Fsp3) is 0.333. The van der Waals surface area contributed by atoms with Crippen LogP contribution in [0.4, 0.5) is 11.4 Å². The SMILES string of the molecule is CCOC(=O)c1ccc(NC(=O)COc2ccc([C@@H]3c4sc(=O)[nH]c4S[C@@H]4[C@@H]5C[C@@H]([C@@H]6C(=O)N(c7ccc(C(=O)OCC)cc7)C(=O)[C@@H]56)[C@H]34)cc2)cc1. The zero-order valence-electron chi connectivity index (χ0n) is 28.7. The number of thioether (sulfide) groups is 1. The van der Waals surface area contributed by atoms with Crippen molar-refractivity contribution in [3.63, 3.8) is 0 Å². The number of hydrogen-bond donors (Lipinski definition) is 2. The van der Waals surface area contributed by atoms with Gasteiger partial charge in [-0.15, -0.1) is 11.8 Å². The molecular formula is C39H35N3O9S2. The van der Waals surface area contributed by atoms with Gasteiger partial charge in [0.05, 0.1) is 46.9 Å². The predicted molar refractivity (Wildman–Crippen MR) is 196 cm³/mol. The Bertz CT molecular complexity index is 2160. The normalized spacial score (nSPS) is 25.0.